The van der Waals surface area contributed by atoms with E-state index in [-0.39, 0.29) is 5.82 Å². The summed E-state index contributed by atoms with van der Waals surface area (Å²) in [5.74, 6) is 0.210. The van der Waals surface area contributed by atoms with Crippen LogP contribution in [0.25, 0.3) is 0 Å². The highest BCUT2D eigenvalue weighted by Crippen LogP contribution is 2.26. The molecule has 3 heteroatoms. The minimum atomic E-state index is -0.852. The second-order valence-corrected chi connectivity index (χ2v) is 4.06. The molecule has 0 bridgehead atoms. The maximum Gasteiger partial charge on any atom is 0.136 e. The van der Waals surface area contributed by atoms with Crippen molar-refractivity contribution in [3.05, 3.63) is 47.0 Å². The van der Waals surface area contributed by atoms with Crippen LogP contribution < -0.4 is 0 Å². The van der Waals surface area contributed by atoms with Gasteiger partial charge in [0.1, 0.15) is 17.7 Å². The fourth-order valence-corrected chi connectivity index (χ4v) is 1.85. The van der Waals surface area contributed by atoms with E-state index in [4.69, 9.17) is 4.74 Å². The highest BCUT2D eigenvalue weighted by Gasteiger charge is 2.17. The van der Waals surface area contributed by atoms with Gasteiger partial charge in [0.15, 0.2) is 0 Å². The smallest absolute Gasteiger partial charge is 0.136 e. The molecule has 0 saturated carbocycles. The van der Waals surface area contributed by atoms with Crippen molar-refractivity contribution >= 4 is 0 Å². The van der Waals surface area contributed by atoms with Gasteiger partial charge in [0, 0.05) is 0 Å². The molecule has 1 aromatic carbocycles. The lowest BCUT2D eigenvalue weighted by atomic mass is 10.0. The molecule has 1 N–H and O–H groups in total. The Bertz CT molecular complexity index is 392. The number of ether oxygens (including phenoxy) is 1. The molecule has 2 rings (SSSR count). The normalized spacial score (nSPS) is 17.6. The Labute approximate surface area is 94.4 Å². The zero-order valence-corrected chi connectivity index (χ0v) is 9.24. The van der Waals surface area contributed by atoms with E-state index in [1.807, 2.05) is 6.08 Å². The van der Waals surface area contributed by atoms with Crippen LogP contribution in [-0.2, 0) is 4.74 Å². The Balaban J connectivity index is 2.25. The van der Waals surface area contributed by atoms with Gasteiger partial charge in [0.2, 0.25) is 0 Å². The Morgan fingerprint density at radius 1 is 1.38 bits per heavy atom. The average Bonchev–Trinajstić information content (AvgIpc) is 2.28. The average molecular weight is 222 g/mol. The topological polar surface area (TPSA) is 29.5 Å². The summed E-state index contributed by atoms with van der Waals surface area (Å²) in [6.07, 6.45) is 2.89. The van der Waals surface area contributed by atoms with Crippen LogP contribution in [0.2, 0.25) is 0 Å². The number of benzene rings is 1. The lowest BCUT2D eigenvalue weighted by Gasteiger charge is -2.20. The predicted octanol–water partition coefficient (Wildman–Crippen LogP) is 2.86. The third-order valence-electron chi connectivity index (χ3n) is 2.61. The van der Waals surface area contributed by atoms with Gasteiger partial charge in [-0.1, -0.05) is 6.07 Å². The minimum Gasteiger partial charge on any atom is -0.495 e. The van der Waals surface area contributed by atoms with Crippen LogP contribution >= 0.6 is 0 Å². The molecule has 0 fully saturated rings. The van der Waals surface area contributed by atoms with Gasteiger partial charge in [-0.05, 0) is 49.1 Å². The van der Waals surface area contributed by atoms with E-state index >= 15 is 0 Å². The lowest BCUT2D eigenvalue weighted by molar-refractivity contribution is 0.0916. The number of hydrogen-bond donors (Lipinski definition) is 1. The van der Waals surface area contributed by atoms with Crippen molar-refractivity contribution < 1.29 is 14.2 Å². The largest absolute Gasteiger partial charge is 0.495 e. The maximum absolute atomic E-state index is 13.2. The fourth-order valence-electron chi connectivity index (χ4n) is 1.85. The standard InChI is InChI=1S/C13H15FO2/c1-9-6-10(8-11(14)7-9)13(15)12-4-2-3-5-16-12/h4,6-8,13,15H,2-3,5H2,1H3. The molecule has 16 heavy (non-hydrogen) atoms. The van der Waals surface area contributed by atoms with Gasteiger partial charge in [0.05, 0.1) is 6.61 Å². The van der Waals surface area contributed by atoms with E-state index in [1.54, 1.807) is 13.0 Å². The molecule has 0 aromatic heterocycles. The molecule has 1 unspecified atom stereocenters. The summed E-state index contributed by atoms with van der Waals surface area (Å²) in [6.45, 7) is 2.42. The monoisotopic (exact) mass is 222 g/mol. The Morgan fingerprint density at radius 3 is 2.81 bits per heavy atom. The maximum atomic E-state index is 13.2. The van der Waals surface area contributed by atoms with Crippen LogP contribution in [0.15, 0.2) is 30.0 Å². The van der Waals surface area contributed by atoms with Crippen LogP contribution in [0, 0.1) is 12.7 Å². The number of allylic oxidation sites excluding steroid dienone is 1. The number of halogens is 1. The minimum absolute atomic E-state index is 0.328. The predicted molar refractivity (Wildman–Crippen MR) is 59.4 cm³/mol. The van der Waals surface area contributed by atoms with Crippen LogP contribution in [-0.4, -0.2) is 11.7 Å². The van der Waals surface area contributed by atoms with Crippen molar-refractivity contribution in [2.45, 2.75) is 25.9 Å². The molecule has 0 aliphatic carbocycles. The van der Waals surface area contributed by atoms with Gasteiger partial charge in [0.25, 0.3) is 0 Å². The quantitative estimate of drug-likeness (QED) is 0.833. The highest BCUT2D eigenvalue weighted by atomic mass is 19.1. The Kier molecular flexibility index (Phi) is 3.25. The molecule has 1 aliphatic rings. The molecular formula is C13H15FO2. The molecule has 2 nitrogen and oxygen atoms in total. The molecule has 86 valence electrons. The first-order valence-electron chi connectivity index (χ1n) is 5.45. The van der Waals surface area contributed by atoms with E-state index in [2.05, 4.69) is 0 Å². The summed E-state index contributed by atoms with van der Waals surface area (Å²) in [6, 6.07) is 4.55. The van der Waals surface area contributed by atoms with Crippen molar-refractivity contribution in [1.29, 1.82) is 0 Å². The summed E-state index contributed by atoms with van der Waals surface area (Å²) in [5.41, 5.74) is 1.34. The van der Waals surface area contributed by atoms with Gasteiger partial charge >= 0.3 is 0 Å². The molecule has 0 radical (unpaired) electrons. The molecule has 0 saturated heterocycles. The third kappa shape index (κ3) is 2.42. The molecule has 1 heterocycles. The molecule has 1 atom stereocenters. The second-order valence-electron chi connectivity index (χ2n) is 4.06. The summed E-state index contributed by atoms with van der Waals surface area (Å²) < 4.78 is 18.5. The van der Waals surface area contributed by atoms with Gasteiger partial charge in [-0.25, -0.2) is 4.39 Å². The van der Waals surface area contributed by atoms with Crippen molar-refractivity contribution in [2.75, 3.05) is 6.61 Å². The second kappa shape index (κ2) is 4.66. The van der Waals surface area contributed by atoms with Gasteiger partial charge in [-0.2, -0.15) is 0 Å². The lowest BCUT2D eigenvalue weighted by Crippen LogP contribution is -2.10. The van der Waals surface area contributed by atoms with Crippen LogP contribution in [0.4, 0.5) is 4.39 Å². The van der Waals surface area contributed by atoms with Crippen molar-refractivity contribution in [3.63, 3.8) is 0 Å². The molecule has 1 aliphatic heterocycles. The van der Waals surface area contributed by atoms with Gasteiger partial charge in [-0.15, -0.1) is 0 Å². The Morgan fingerprint density at radius 2 is 2.19 bits per heavy atom. The van der Waals surface area contributed by atoms with Gasteiger partial charge in [-0.3, -0.25) is 0 Å². The number of hydrogen-bond acceptors (Lipinski definition) is 2. The zero-order valence-electron chi connectivity index (χ0n) is 9.24. The van der Waals surface area contributed by atoms with E-state index in [0.717, 1.165) is 18.4 Å². The van der Waals surface area contributed by atoms with E-state index in [0.29, 0.717) is 17.9 Å². The fraction of sp³-hybridized carbons (Fsp3) is 0.385. The van der Waals surface area contributed by atoms with Crippen molar-refractivity contribution in [2.24, 2.45) is 0 Å². The molecular weight excluding hydrogens is 207 g/mol. The van der Waals surface area contributed by atoms with Crippen LogP contribution in [0.5, 0.6) is 0 Å². The van der Waals surface area contributed by atoms with Crippen molar-refractivity contribution in [3.8, 4) is 0 Å². The third-order valence-corrected chi connectivity index (χ3v) is 2.61. The molecule has 0 spiro atoms. The highest BCUT2D eigenvalue weighted by molar-refractivity contribution is 5.29. The zero-order chi connectivity index (χ0) is 11.5. The molecule has 0 amide bonds. The molecule has 1 aromatic rings. The van der Waals surface area contributed by atoms with E-state index in [9.17, 15) is 9.50 Å². The number of aliphatic hydroxyl groups is 1. The summed E-state index contributed by atoms with van der Waals surface area (Å²) in [7, 11) is 0. The van der Waals surface area contributed by atoms with E-state index < -0.39 is 6.10 Å². The number of aliphatic hydroxyl groups excluding tert-OH is 1. The number of aryl methyl sites for hydroxylation is 1. The van der Waals surface area contributed by atoms with Crippen molar-refractivity contribution in [1.82, 2.24) is 0 Å². The summed E-state index contributed by atoms with van der Waals surface area (Å²) in [4.78, 5) is 0. The Hall–Kier alpha value is -1.35. The SMILES string of the molecule is Cc1cc(F)cc(C(O)C2=CCCCO2)c1. The summed E-state index contributed by atoms with van der Waals surface area (Å²) >= 11 is 0. The van der Waals surface area contributed by atoms with E-state index in [1.165, 1.54) is 12.1 Å². The summed E-state index contributed by atoms with van der Waals surface area (Å²) in [5, 5.41) is 10.0. The van der Waals surface area contributed by atoms with Gasteiger partial charge < -0.3 is 9.84 Å². The number of rotatable bonds is 2. The first-order valence-corrected chi connectivity index (χ1v) is 5.45. The first-order chi connectivity index (χ1) is 7.66. The van der Waals surface area contributed by atoms with Crippen LogP contribution in [0.1, 0.15) is 30.1 Å². The van der Waals surface area contributed by atoms with Crippen LogP contribution in [0.3, 0.4) is 0 Å². The first kappa shape index (κ1) is 11.1.